The van der Waals surface area contributed by atoms with Crippen molar-refractivity contribution in [3.05, 3.63) is 72.9 Å². The van der Waals surface area contributed by atoms with Crippen LogP contribution in [0.5, 0.6) is 11.5 Å². The van der Waals surface area contributed by atoms with Crippen molar-refractivity contribution in [3.63, 3.8) is 0 Å². The number of aromatic nitrogens is 4. The molecule has 0 aliphatic carbocycles. The van der Waals surface area contributed by atoms with E-state index in [0.29, 0.717) is 33.9 Å². The summed E-state index contributed by atoms with van der Waals surface area (Å²) < 4.78 is 12.7. The Morgan fingerprint density at radius 1 is 0.938 bits per heavy atom. The third-order valence-electron chi connectivity index (χ3n) is 4.57. The number of para-hydroxylation sites is 4. The Hall–Kier alpha value is -3.85. The van der Waals surface area contributed by atoms with Gasteiger partial charge in [0.2, 0.25) is 5.91 Å². The van der Waals surface area contributed by atoms with Gasteiger partial charge in [0.05, 0.1) is 31.3 Å². The van der Waals surface area contributed by atoms with E-state index in [1.54, 1.807) is 32.5 Å². The van der Waals surface area contributed by atoms with Gasteiger partial charge in [-0.1, -0.05) is 42.1 Å². The average molecular weight is 448 g/mol. The van der Waals surface area contributed by atoms with E-state index in [1.165, 1.54) is 11.8 Å². The number of ether oxygens (including phenoxy) is 2. The molecule has 8 nitrogen and oxygen atoms in total. The predicted molar refractivity (Wildman–Crippen MR) is 123 cm³/mol. The van der Waals surface area contributed by atoms with Crippen molar-refractivity contribution in [2.24, 2.45) is 0 Å². The van der Waals surface area contributed by atoms with Gasteiger partial charge >= 0.3 is 0 Å². The zero-order valence-corrected chi connectivity index (χ0v) is 18.4. The summed E-state index contributed by atoms with van der Waals surface area (Å²) in [5, 5.41) is 12.1. The second-order valence-electron chi connectivity index (χ2n) is 6.57. The maximum Gasteiger partial charge on any atom is 0.234 e. The Labute approximate surface area is 189 Å². The predicted octanol–water partition coefficient (Wildman–Crippen LogP) is 4.08. The van der Waals surface area contributed by atoms with Crippen LogP contribution < -0.4 is 14.8 Å². The third kappa shape index (κ3) is 4.57. The lowest BCUT2D eigenvalue weighted by molar-refractivity contribution is -0.113. The maximum absolute atomic E-state index is 12.6. The van der Waals surface area contributed by atoms with Crippen LogP contribution in [0.25, 0.3) is 17.2 Å². The highest BCUT2D eigenvalue weighted by atomic mass is 32.2. The number of carbonyl (C=O) groups is 1. The van der Waals surface area contributed by atoms with Crippen LogP contribution in [0.2, 0.25) is 0 Å². The van der Waals surface area contributed by atoms with Gasteiger partial charge in [-0.25, -0.2) is 0 Å². The molecule has 2 heterocycles. The number of rotatable bonds is 8. The zero-order chi connectivity index (χ0) is 22.3. The molecule has 0 atom stereocenters. The first-order valence-corrected chi connectivity index (χ1v) is 10.8. The van der Waals surface area contributed by atoms with E-state index in [4.69, 9.17) is 9.47 Å². The van der Waals surface area contributed by atoms with Crippen LogP contribution in [0, 0.1) is 0 Å². The first-order valence-electron chi connectivity index (χ1n) is 9.77. The summed E-state index contributed by atoms with van der Waals surface area (Å²) >= 11 is 1.27. The smallest absolute Gasteiger partial charge is 0.234 e. The van der Waals surface area contributed by atoms with Gasteiger partial charge in [-0.15, -0.1) is 10.2 Å². The molecule has 0 saturated carbocycles. The topological polar surface area (TPSA) is 91.2 Å². The summed E-state index contributed by atoms with van der Waals surface area (Å²) in [6, 6.07) is 20.4. The first-order chi connectivity index (χ1) is 15.7. The van der Waals surface area contributed by atoms with Crippen molar-refractivity contribution >= 4 is 23.4 Å². The second kappa shape index (κ2) is 9.97. The van der Waals surface area contributed by atoms with Gasteiger partial charge in [0.15, 0.2) is 11.0 Å². The highest BCUT2D eigenvalue weighted by Gasteiger charge is 2.20. The normalized spacial score (nSPS) is 10.6. The van der Waals surface area contributed by atoms with Crippen molar-refractivity contribution in [3.8, 4) is 28.7 Å². The third-order valence-corrected chi connectivity index (χ3v) is 5.50. The van der Waals surface area contributed by atoms with E-state index in [9.17, 15) is 4.79 Å². The molecule has 2 aromatic heterocycles. The number of methoxy groups -OCH3 is 2. The van der Waals surface area contributed by atoms with Gasteiger partial charge in [0.25, 0.3) is 0 Å². The van der Waals surface area contributed by atoms with Gasteiger partial charge in [-0.05, 0) is 36.4 Å². The first kappa shape index (κ1) is 21.4. The van der Waals surface area contributed by atoms with E-state index in [0.717, 1.165) is 5.69 Å². The summed E-state index contributed by atoms with van der Waals surface area (Å²) in [6.07, 6.45) is 1.70. The molecule has 4 rings (SSSR count). The fourth-order valence-corrected chi connectivity index (χ4v) is 3.87. The maximum atomic E-state index is 12.6. The number of benzene rings is 2. The zero-order valence-electron chi connectivity index (χ0n) is 17.6. The molecule has 162 valence electrons. The molecule has 0 aliphatic heterocycles. The van der Waals surface area contributed by atoms with Crippen molar-refractivity contribution < 1.29 is 14.3 Å². The lowest BCUT2D eigenvalue weighted by atomic mass is 10.2. The molecule has 0 radical (unpaired) electrons. The number of anilines is 1. The molecule has 4 aromatic rings. The SMILES string of the molecule is COc1ccccc1NC(=O)CSc1nnc(-c2ccccn2)n1-c1ccccc1OC. The monoisotopic (exact) mass is 447 g/mol. The minimum Gasteiger partial charge on any atom is -0.495 e. The van der Waals surface area contributed by atoms with Crippen LogP contribution in [0.3, 0.4) is 0 Å². The number of amides is 1. The fourth-order valence-electron chi connectivity index (χ4n) is 3.12. The molecule has 0 bridgehead atoms. The minimum absolute atomic E-state index is 0.132. The largest absolute Gasteiger partial charge is 0.495 e. The molecule has 0 unspecified atom stereocenters. The quantitative estimate of drug-likeness (QED) is 0.407. The van der Waals surface area contributed by atoms with Crippen molar-refractivity contribution in [1.82, 2.24) is 19.7 Å². The molecule has 1 N–H and O–H groups in total. The average Bonchev–Trinajstić information content (AvgIpc) is 3.27. The fraction of sp³-hybridized carbons (Fsp3) is 0.130. The Morgan fingerprint density at radius 3 is 2.41 bits per heavy atom. The molecule has 9 heteroatoms. The molecule has 1 amide bonds. The van der Waals surface area contributed by atoms with Crippen LogP contribution >= 0.6 is 11.8 Å². The van der Waals surface area contributed by atoms with E-state index >= 15 is 0 Å². The number of pyridine rings is 1. The molecule has 32 heavy (non-hydrogen) atoms. The lowest BCUT2D eigenvalue weighted by Crippen LogP contribution is -2.15. The summed E-state index contributed by atoms with van der Waals surface area (Å²) in [4.78, 5) is 17.0. The van der Waals surface area contributed by atoms with Gasteiger partial charge in [0, 0.05) is 6.20 Å². The van der Waals surface area contributed by atoms with Crippen molar-refractivity contribution in [2.45, 2.75) is 5.16 Å². The number of nitrogens with one attached hydrogen (secondary N) is 1. The molecule has 0 saturated heterocycles. The molecule has 0 fully saturated rings. The van der Waals surface area contributed by atoms with E-state index in [2.05, 4.69) is 20.5 Å². The van der Waals surface area contributed by atoms with Crippen molar-refractivity contribution in [1.29, 1.82) is 0 Å². The summed E-state index contributed by atoms with van der Waals surface area (Å²) in [6.45, 7) is 0. The van der Waals surface area contributed by atoms with Crippen LogP contribution in [0.1, 0.15) is 0 Å². The lowest BCUT2D eigenvalue weighted by Gasteiger charge is -2.13. The van der Waals surface area contributed by atoms with Crippen LogP contribution in [0.4, 0.5) is 5.69 Å². The summed E-state index contributed by atoms with van der Waals surface area (Å²) in [5.41, 5.74) is 2.03. The Balaban J connectivity index is 1.63. The van der Waals surface area contributed by atoms with Gasteiger partial charge < -0.3 is 14.8 Å². The number of thioether (sulfide) groups is 1. The molecular formula is C23H21N5O3S. The number of carbonyl (C=O) groups excluding carboxylic acids is 1. The summed E-state index contributed by atoms with van der Waals surface area (Å²) in [7, 11) is 3.17. The Kier molecular flexibility index (Phi) is 6.66. The highest BCUT2D eigenvalue weighted by molar-refractivity contribution is 7.99. The standard InChI is InChI=1S/C23H21N5O3S/c1-30-19-12-5-3-9-16(19)25-21(29)15-32-23-27-26-22(17-10-7-8-14-24-17)28(23)18-11-4-6-13-20(18)31-2/h3-14H,15H2,1-2H3,(H,25,29). The van der Waals surface area contributed by atoms with Crippen LogP contribution in [0.15, 0.2) is 78.1 Å². The molecule has 0 aliphatic rings. The van der Waals surface area contributed by atoms with E-state index in [-0.39, 0.29) is 11.7 Å². The highest BCUT2D eigenvalue weighted by Crippen LogP contribution is 2.32. The molecule has 0 spiro atoms. The Morgan fingerprint density at radius 2 is 1.66 bits per heavy atom. The van der Waals surface area contributed by atoms with E-state index < -0.39 is 0 Å². The summed E-state index contributed by atoms with van der Waals surface area (Å²) in [5.74, 6) is 1.76. The second-order valence-corrected chi connectivity index (χ2v) is 7.51. The molecular weight excluding hydrogens is 426 g/mol. The number of hydrogen-bond acceptors (Lipinski definition) is 7. The van der Waals surface area contributed by atoms with Gasteiger partial charge in [-0.3, -0.25) is 14.3 Å². The van der Waals surface area contributed by atoms with Crippen LogP contribution in [-0.2, 0) is 4.79 Å². The Bertz CT molecular complexity index is 1210. The minimum atomic E-state index is -0.187. The van der Waals surface area contributed by atoms with Crippen molar-refractivity contribution in [2.75, 3.05) is 25.3 Å². The number of hydrogen-bond donors (Lipinski definition) is 1. The van der Waals surface area contributed by atoms with Gasteiger partial charge in [-0.2, -0.15) is 0 Å². The van der Waals surface area contributed by atoms with Crippen LogP contribution in [-0.4, -0.2) is 45.6 Å². The number of nitrogens with zero attached hydrogens (tertiary/aromatic N) is 4. The van der Waals surface area contributed by atoms with E-state index in [1.807, 2.05) is 59.2 Å². The van der Waals surface area contributed by atoms with Gasteiger partial charge in [0.1, 0.15) is 17.2 Å². The molecule has 2 aromatic carbocycles.